The summed E-state index contributed by atoms with van der Waals surface area (Å²) < 4.78 is 5.37. The molecule has 0 radical (unpaired) electrons. The summed E-state index contributed by atoms with van der Waals surface area (Å²) in [4.78, 5) is 18.7. The molecular weight excluding hydrogens is 374 g/mol. The Kier molecular flexibility index (Phi) is 6.50. The second kappa shape index (κ2) is 9.24. The number of aromatic nitrogens is 1. The lowest BCUT2D eigenvalue weighted by Gasteiger charge is -2.26. The molecule has 0 unspecified atom stereocenters. The third-order valence-electron chi connectivity index (χ3n) is 4.32. The number of nitrogens with one attached hydrogen (secondary N) is 1. The van der Waals surface area contributed by atoms with E-state index in [4.69, 9.17) is 16.3 Å². The monoisotopic (exact) mass is 395 g/mol. The third-order valence-corrected chi connectivity index (χ3v) is 4.58. The minimum Gasteiger partial charge on any atom is -0.497 e. The number of methoxy groups -OCH3 is 1. The molecule has 5 nitrogen and oxygen atoms in total. The van der Waals surface area contributed by atoms with Gasteiger partial charge in [0.1, 0.15) is 5.75 Å². The van der Waals surface area contributed by atoms with Crippen LogP contribution in [0.5, 0.6) is 5.75 Å². The van der Waals surface area contributed by atoms with Crippen LogP contribution in [0.25, 0.3) is 0 Å². The van der Waals surface area contributed by atoms with Crippen molar-refractivity contribution in [1.82, 2.24) is 4.98 Å². The zero-order chi connectivity index (χ0) is 19.9. The number of nitrogens with zero attached hydrogens (tertiary/aromatic N) is 2. The summed E-state index contributed by atoms with van der Waals surface area (Å²) in [6, 6.07) is 17.1. The molecule has 0 fully saturated rings. The van der Waals surface area contributed by atoms with E-state index in [0.717, 1.165) is 22.6 Å². The Morgan fingerprint density at radius 3 is 2.64 bits per heavy atom. The Balaban J connectivity index is 1.85. The molecule has 0 spiro atoms. The molecule has 1 amide bonds. The first-order valence-electron chi connectivity index (χ1n) is 8.89. The van der Waals surface area contributed by atoms with Gasteiger partial charge in [0.25, 0.3) is 0 Å². The lowest BCUT2D eigenvalue weighted by molar-refractivity contribution is -0.115. The number of carbonyl (C=O) groups excluding carboxylic acids is 1. The van der Waals surface area contributed by atoms with Crippen LogP contribution in [-0.2, 0) is 11.3 Å². The van der Waals surface area contributed by atoms with Crippen LogP contribution < -0.4 is 15.0 Å². The lowest BCUT2D eigenvalue weighted by atomic mass is 10.1. The normalized spacial score (nSPS) is 10.4. The number of anilines is 2. The van der Waals surface area contributed by atoms with Crippen molar-refractivity contribution in [2.75, 3.05) is 23.9 Å². The Morgan fingerprint density at radius 1 is 1.18 bits per heavy atom. The topological polar surface area (TPSA) is 54.5 Å². The summed E-state index contributed by atoms with van der Waals surface area (Å²) in [6.45, 7) is 2.76. The van der Waals surface area contributed by atoms with Crippen molar-refractivity contribution in [2.24, 2.45) is 0 Å². The quantitative estimate of drug-likeness (QED) is 0.630. The van der Waals surface area contributed by atoms with Gasteiger partial charge in [-0.25, -0.2) is 0 Å². The predicted molar refractivity (Wildman–Crippen MR) is 113 cm³/mol. The molecule has 28 heavy (non-hydrogen) atoms. The van der Waals surface area contributed by atoms with Gasteiger partial charge in [-0.2, -0.15) is 0 Å². The average molecular weight is 396 g/mol. The molecule has 1 heterocycles. The highest BCUT2D eigenvalue weighted by Crippen LogP contribution is 2.27. The van der Waals surface area contributed by atoms with Crippen molar-refractivity contribution in [1.29, 1.82) is 0 Å². The molecule has 3 aromatic rings. The molecule has 0 bridgehead atoms. The minimum absolute atomic E-state index is 0.121. The van der Waals surface area contributed by atoms with Crippen molar-refractivity contribution in [3.05, 3.63) is 83.1 Å². The number of hydrogen-bond acceptors (Lipinski definition) is 4. The van der Waals surface area contributed by atoms with Crippen LogP contribution in [-0.4, -0.2) is 24.5 Å². The van der Waals surface area contributed by atoms with Crippen molar-refractivity contribution < 1.29 is 9.53 Å². The van der Waals surface area contributed by atoms with E-state index >= 15 is 0 Å². The van der Waals surface area contributed by atoms with Crippen molar-refractivity contribution in [2.45, 2.75) is 13.5 Å². The molecule has 0 aliphatic rings. The molecular formula is C22H22ClN3O2. The third kappa shape index (κ3) is 5.24. The highest BCUT2D eigenvalue weighted by atomic mass is 35.5. The lowest BCUT2D eigenvalue weighted by Crippen LogP contribution is -2.33. The van der Waals surface area contributed by atoms with Crippen molar-refractivity contribution in [3.63, 3.8) is 0 Å². The van der Waals surface area contributed by atoms with Crippen LogP contribution in [0.3, 0.4) is 0 Å². The Hall–Kier alpha value is -3.05. The number of carbonyl (C=O) groups is 1. The number of rotatable bonds is 7. The van der Waals surface area contributed by atoms with E-state index in [-0.39, 0.29) is 12.5 Å². The molecule has 0 aliphatic carbocycles. The van der Waals surface area contributed by atoms with E-state index in [2.05, 4.69) is 10.3 Å². The summed E-state index contributed by atoms with van der Waals surface area (Å²) in [7, 11) is 1.63. The minimum atomic E-state index is -0.121. The highest BCUT2D eigenvalue weighted by molar-refractivity contribution is 6.30. The van der Waals surface area contributed by atoms with Gasteiger partial charge in [0.2, 0.25) is 5.91 Å². The first kappa shape index (κ1) is 19.7. The van der Waals surface area contributed by atoms with Crippen LogP contribution in [0.15, 0.2) is 67.0 Å². The SMILES string of the molecule is COc1ccc(C)c(N(CC(=O)Nc2cccnc2)Cc2ccc(Cl)cc2)c1. The second-order valence-electron chi connectivity index (χ2n) is 6.42. The first-order chi connectivity index (χ1) is 13.5. The number of ether oxygens (including phenoxy) is 1. The molecule has 0 saturated heterocycles. The zero-order valence-corrected chi connectivity index (χ0v) is 16.6. The van der Waals surface area contributed by atoms with E-state index in [1.54, 1.807) is 25.6 Å². The maximum Gasteiger partial charge on any atom is 0.243 e. The van der Waals surface area contributed by atoms with Crippen LogP contribution >= 0.6 is 11.6 Å². The first-order valence-corrected chi connectivity index (χ1v) is 9.27. The van der Waals surface area contributed by atoms with E-state index in [0.29, 0.717) is 17.3 Å². The van der Waals surface area contributed by atoms with Crippen LogP contribution in [0.4, 0.5) is 11.4 Å². The molecule has 0 saturated carbocycles. The highest BCUT2D eigenvalue weighted by Gasteiger charge is 2.16. The molecule has 0 aliphatic heterocycles. The molecule has 0 atom stereocenters. The summed E-state index contributed by atoms with van der Waals surface area (Å²) in [5, 5.41) is 3.57. The predicted octanol–water partition coefficient (Wildman–Crippen LogP) is 4.70. The molecule has 3 rings (SSSR count). The van der Waals surface area contributed by atoms with Crippen molar-refractivity contribution in [3.8, 4) is 5.75 Å². The fourth-order valence-electron chi connectivity index (χ4n) is 2.90. The van der Waals surface area contributed by atoms with E-state index < -0.39 is 0 Å². The fraction of sp³-hybridized carbons (Fsp3) is 0.182. The Morgan fingerprint density at radius 2 is 1.96 bits per heavy atom. The van der Waals surface area contributed by atoms with Crippen LogP contribution in [0.1, 0.15) is 11.1 Å². The number of benzene rings is 2. The number of amides is 1. The summed E-state index contributed by atoms with van der Waals surface area (Å²) in [5.41, 5.74) is 3.72. The van der Waals surface area contributed by atoms with E-state index in [1.165, 1.54) is 0 Å². The van der Waals surface area contributed by atoms with Gasteiger partial charge < -0.3 is 15.0 Å². The zero-order valence-electron chi connectivity index (χ0n) is 15.9. The Bertz CT molecular complexity index is 930. The van der Waals surface area contributed by atoms with E-state index in [9.17, 15) is 4.79 Å². The maximum absolute atomic E-state index is 12.7. The number of halogens is 1. The number of aryl methyl sites for hydroxylation is 1. The number of pyridine rings is 1. The van der Waals surface area contributed by atoms with E-state index in [1.807, 2.05) is 60.4 Å². The molecule has 6 heteroatoms. The largest absolute Gasteiger partial charge is 0.497 e. The number of hydrogen-bond donors (Lipinski definition) is 1. The van der Waals surface area contributed by atoms with Gasteiger partial charge >= 0.3 is 0 Å². The van der Waals surface area contributed by atoms with Gasteiger partial charge in [-0.15, -0.1) is 0 Å². The van der Waals surface area contributed by atoms with Gasteiger partial charge in [-0.3, -0.25) is 9.78 Å². The van der Waals surface area contributed by atoms with Gasteiger partial charge in [0, 0.05) is 29.5 Å². The van der Waals surface area contributed by atoms with Crippen molar-refractivity contribution >= 4 is 28.9 Å². The fourth-order valence-corrected chi connectivity index (χ4v) is 3.03. The summed E-state index contributed by atoms with van der Waals surface area (Å²) >= 11 is 6.00. The van der Waals surface area contributed by atoms with Gasteiger partial charge in [-0.1, -0.05) is 29.8 Å². The molecule has 1 aromatic heterocycles. The average Bonchev–Trinajstić information content (AvgIpc) is 2.70. The molecule has 144 valence electrons. The second-order valence-corrected chi connectivity index (χ2v) is 6.86. The smallest absolute Gasteiger partial charge is 0.243 e. The Labute approximate surface area is 169 Å². The van der Waals surface area contributed by atoms with Crippen LogP contribution in [0, 0.1) is 6.92 Å². The van der Waals surface area contributed by atoms with Crippen LogP contribution in [0.2, 0.25) is 5.02 Å². The molecule has 2 aromatic carbocycles. The van der Waals surface area contributed by atoms with Gasteiger partial charge in [-0.05, 0) is 48.4 Å². The summed E-state index contributed by atoms with van der Waals surface area (Å²) in [5.74, 6) is 0.624. The molecule has 1 N–H and O–H groups in total. The van der Waals surface area contributed by atoms with Gasteiger partial charge in [0.15, 0.2) is 0 Å². The van der Waals surface area contributed by atoms with Gasteiger partial charge in [0.05, 0.1) is 25.5 Å². The maximum atomic E-state index is 12.7. The summed E-state index contributed by atoms with van der Waals surface area (Å²) in [6.07, 6.45) is 3.29. The standard InChI is InChI=1S/C22H22ClN3O2/c1-16-5-10-20(28-2)12-21(16)26(14-17-6-8-18(23)9-7-17)15-22(27)25-19-4-3-11-24-13-19/h3-13H,14-15H2,1-2H3,(H,25,27).